The maximum Gasteiger partial charge on any atom is 0.331 e. The molecule has 4 rings (SSSR count). The van der Waals surface area contributed by atoms with Gasteiger partial charge in [0, 0.05) is 18.6 Å². The van der Waals surface area contributed by atoms with E-state index in [-0.39, 0.29) is 16.8 Å². The summed E-state index contributed by atoms with van der Waals surface area (Å²) in [4.78, 5) is 25.6. The zero-order valence-corrected chi connectivity index (χ0v) is 16.8. The summed E-state index contributed by atoms with van der Waals surface area (Å²) in [5, 5.41) is 0.561. The number of nitrogens with zero attached hydrogens (tertiary/aromatic N) is 3. The van der Waals surface area contributed by atoms with Crippen LogP contribution in [0, 0.1) is 0 Å². The molecule has 0 radical (unpaired) electrons. The summed E-state index contributed by atoms with van der Waals surface area (Å²) in [5.41, 5.74) is 2.36. The third-order valence-electron chi connectivity index (χ3n) is 5.09. The van der Waals surface area contributed by atoms with Gasteiger partial charge in [0.2, 0.25) is 0 Å². The van der Waals surface area contributed by atoms with Crippen molar-refractivity contribution in [1.29, 1.82) is 0 Å². The largest absolute Gasteiger partial charge is 0.373 e. The van der Waals surface area contributed by atoms with Crippen LogP contribution in [-0.4, -0.2) is 20.3 Å². The fraction of sp³-hybridized carbons (Fsp3) is 0.368. The first-order valence-electron chi connectivity index (χ1n) is 8.41. The minimum Gasteiger partial charge on any atom is -0.373 e. The molecule has 0 bridgehead atoms. The van der Waals surface area contributed by atoms with E-state index >= 15 is 0 Å². The smallest absolute Gasteiger partial charge is 0.331 e. The fourth-order valence-electron chi connectivity index (χ4n) is 3.89. The molecule has 0 aliphatic carbocycles. The van der Waals surface area contributed by atoms with E-state index in [1.165, 1.54) is 11.6 Å². The first-order chi connectivity index (χ1) is 12.2. The highest BCUT2D eigenvalue weighted by Crippen LogP contribution is 2.39. The van der Waals surface area contributed by atoms with E-state index in [2.05, 4.69) is 34.3 Å². The van der Waals surface area contributed by atoms with Crippen molar-refractivity contribution in [2.75, 3.05) is 6.61 Å². The van der Waals surface area contributed by atoms with Gasteiger partial charge in [-0.15, -0.1) is 0 Å². The van der Waals surface area contributed by atoms with Gasteiger partial charge >= 0.3 is 5.69 Å². The summed E-state index contributed by atoms with van der Waals surface area (Å²) in [7, 11) is 3.23. The molecule has 0 fully saturated rings. The lowest BCUT2D eigenvalue weighted by Gasteiger charge is -2.35. The molecule has 6 nitrogen and oxygen atoms in total. The zero-order chi connectivity index (χ0) is 18.8. The van der Waals surface area contributed by atoms with E-state index in [0.29, 0.717) is 24.1 Å². The van der Waals surface area contributed by atoms with E-state index in [1.807, 2.05) is 24.3 Å². The van der Waals surface area contributed by atoms with Crippen LogP contribution in [0.3, 0.4) is 0 Å². The number of aryl methyl sites for hydroxylation is 1. The number of hydrogen-bond donors (Lipinski definition) is 0. The predicted octanol–water partition coefficient (Wildman–Crippen LogP) is 2.73. The average molecular weight is 418 g/mol. The molecule has 0 N–H and O–H groups in total. The molecule has 1 aliphatic rings. The third-order valence-corrected chi connectivity index (χ3v) is 5.61. The van der Waals surface area contributed by atoms with Crippen LogP contribution in [0.25, 0.3) is 22.2 Å². The third kappa shape index (κ3) is 2.27. The molecule has 0 unspecified atom stereocenters. The minimum absolute atomic E-state index is 0.279. The average Bonchev–Trinajstić information content (AvgIpc) is 2.95. The van der Waals surface area contributed by atoms with Gasteiger partial charge < -0.3 is 9.30 Å². The van der Waals surface area contributed by atoms with Gasteiger partial charge in [-0.25, -0.2) is 4.79 Å². The Morgan fingerprint density at radius 3 is 2.38 bits per heavy atom. The Balaban J connectivity index is 2.28. The van der Waals surface area contributed by atoms with Crippen molar-refractivity contribution in [3.05, 3.63) is 55.3 Å². The number of ether oxygens (including phenoxy) is 1. The van der Waals surface area contributed by atoms with Gasteiger partial charge in [0.1, 0.15) is 0 Å². The van der Waals surface area contributed by atoms with Crippen LogP contribution in [0.5, 0.6) is 0 Å². The van der Waals surface area contributed by atoms with Crippen molar-refractivity contribution in [3.8, 4) is 11.3 Å². The van der Waals surface area contributed by atoms with Gasteiger partial charge in [0.25, 0.3) is 5.56 Å². The number of hydrogen-bond acceptors (Lipinski definition) is 3. The lowest BCUT2D eigenvalue weighted by molar-refractivity contribution is 0.0228. The Bertz CT molecular complexity index is 1150. The first-order valence-corrected chi connectivity index (χ1v) is 9.21. The van der Waals surface area contributed by atoms with Crippen molar-refractivity contribution >= 4 is 26.8 Å². The molecule has 2 aromatic heterocycles. The molecule has 1 aliphatic heterocycles. The van der Waals surface area contributed by atoms with E-state index in [9.17, 15) is 9.59 Å². The quantitative estimate of drug-likeness (QED) is 0.611. The molecule has 26 heavy (non-hydrogen) atoms. The first kappa shape index (κ1) is 17.3. The summed E-state index contributed by atoms with van der Waals surface area (Å²) < 4.78 is 11.7. The van der Waals surface area contributed by atoms with Crippen LogP contribution in [0.4, 0.5) is 0 Å². The van der Waals surface area contributed by atoms with Gasteiger partial charge in [0.05, 0.1) is 41.0 Å². The SMILES string of the molecule is Cn1c(=O)c2c(-c3ccc(Br)cc3)n3c(c2n(C)c1=O)COCC3(C)C. The van der Waals surface area contributed by atoms with Crippen molar-refractivity contribution in [2.45, 2.75) is 26.0 Å². The second kappa shape index (κ2) is 5.69. The summed E-state index contributed by atoms with van der Waals surface area (Å²) in [6, 6.07) is 7.89. The number of fused-ring (bicyclic) bond motifs is 3. The van der Waals surface area contributed by atoms with Crippen molar-refractivity contribution in [2.24, 2.45) is 14.1 Å². The highest BCUT2D eigenvalue weighted by Gasteiger charge is 2.35. The van der Waals surface area contributed by atoms with Gasteiger partial charge in [0.15, 0.2) is 0 Å². The fourth-order valence-corrected chi connectivity index (χ4v) is 4.16. The predicted molar refractivity (Wildman–Crippen MR) is 105 cm³/mol. The molecule has 136 valence electrons. The number of aromatic nitrogens is 3. The van der Waals surface area contributed by atoms with Crippen LogP contribution in [0.15, 0.2) is 38.3 Å². The second-order valence-corrected chi connectivity index (χ2v) is 8.29. The second-order valence-electron chi connectivity index (χ2n) is 7.37. The molecule has 0 saturated carbocycles. The van der Waals surface area contributed by atoms with Crippen LogP contribution < -0.4 is 11.2 Å². The summed E-state index contributed by atoms with van der Waals surface area (Å²) in [6.07, 6.45) is 0. The molecular formula is C19H20BrN3O3. The Morgan fingerprint density at radius 1 is 1.08 bits per heavy atom. The molecule has 3 heterocycles. The van der Waals surface area contributed by atoms with Crippen molar-refractivity contribution in [3.63, 3.8) is 0 Å². The van der Waals surface area contributed by atoms with Crippen LogP contribution >= 0.6 is 15.9 Å². The minimum atomic E-state index is -0.337. The monoisotopic (exact) mass is 417 g/mol. The molecular weight excluding hydrogens is 398 g/mol. The van der Waals surface area contributed by atoms with Crippen molar-refractivity contribution in [1.82, 2.24) is 13.7 Å². The highest BCUT2D eigenvalue weighted by molar-refractivity contribution is 9.10. The van der Waals surface area contributed by atoms with E-state index in [0.717, 1.165) is 21.4 Å². The van der Waals surface area contributed by atoms with Crippen LogP contribution in [-0.2, 0) is 31.0 Å². The zero-order valence-electron chi connectivity index (χ0n) is 15.2. The standard InChI is InChI=1S/C19H20BrN3O3/c1-19(2)10-26-9-13-16-14(17(24)22(4)18(25)21(16)3)15(23(13)19)11-5-7-12(20)8-6-11/h5-8H,9-10H2,1-4H3. The summed E-state index contributed by atoms with van der Waals surface area (Å²) in [6.45, 7) is 5.08. The summed E-state index contributed by atoms with van der Waals surface area (Å²) >= 11 is 3.46. The van der Waals surface area contributed by atoms with Crippen LogP contribution in [0.1, 0.15) is 19.5 Å². The number of rotatable bonds is 1. The van der Waals surface area contributed by atoms with Gasteiger partial charge in [-0.2, -0.15) is 0 Å². The Kier molecular flexibility index (Phi) is 3.79. The molecule has 1 aromatic carbocycles. The Hall–Kier alpha value is -2.12. The Labute approximate surface area is 158 Å². The van der Waals surface area contributed by atoms with Crippen LogP contribution in [0.2, 0.25) is 0 Å². The molecule has 0 spiro atoms. The number of benzene rings is 1. The lowest BCUT2D eigenvalue weighted by Crippen LogP contribution is -2.38. The molecule has 0 amide bonds. The van der Waals surface area contributed by atoms with E-state index in [1.54, 1.807) is 11.6 Å². The van der Waals surface area contributed by atoms with Gasteiger partial charge in [-0.05, 0) is 31.5 Å². The van der Waals surface area contributed by atoms with E-state index < -0.39 is 0 Å². The highest BCUT2D eigenvalue weighted by atomic mass is 79.9. The molecule has 0 atom stereocenters. The van der Waals surface area contributed by atoms with Gasteiger partial charge in [-0.3, -0.25) is 13.9 Å². The lowest BCUT2D eigenvalue weighted by atomic mass is 10.0. The molecule has 7 heteroatoms. The maximum atomic E-state index is 13.1. The Morgan fingerprint density at radius 2 is 1.73 bits per heavy atom. The number of halogens is 1. The molecule has 3 aromatic rings. The molecule has 0 saturated heterocycles. The van der Waals surface area contributed by atoms with Crippen molar-refractivity contribution < 1.29 is 4.74 Å². The summed E-state index contributed by atoms with van der Waals surface area (Å²) in [5.74, 6) is 0. The van der Waals surface area contributed by atoms with Gasteiger partial charge in [-0.1, -0.05) is 28.1 Å². The maximum absolute atomic E-state index is 13.1. The van der Waals surface area contributed by atoms with E-state index in [4.69, 9.17) is 4.74 Å². The normalized spacial score (nSPS) is 16.0. The topological polar surface area (TPSA) is 58.2 Å².